The van der Waals surface area contributed by atoms with Gasteiger partial charge >= 0.3 is 0 Å². The molecule has 0 heterocycles. The quantitative estimate of drug-likeness (QED) is 0.248. The van der Waals surface area contributed by atoms with Crippen molar-refractivity contribution in [3.05, 3.63) is 93.5 Å². The van der Waals surface area contributed by atoms with Crippen molar-refractivity contribution >= 4 is 40.6 Å². The first kappa shape index (κ1) is 24.0. The number of amides is 2. The van der Waals surface area contributed by atoms with E-state index in [1.807, 2.05) is 38.1 Å². The molecule has 8 heteroatoms. The number of nitrogens with one attached hydrogen (secondary N) is 2. The highest BCUT2D eigenvalue weighted by molar-refractivity contribution is 8.00. The number of anilines is 2. The van der Waals surface area contributed by atoms with Gasteiger partial charge in [-0.25, -0.2) is 0 Å². The van der Waals surface area contributed by atoms with Crippen molar-refractivity contribution in [1.29, 1.82) is 0 Å². The van der Waals surface area contributed by atoms with Crippen LogP contribution in [0.25, 0.3) is 0 Å². The topological polar surface area (TPSA) is 101 Å². The Kier molecular flexibility index (Phi) is 7.84. The number of para-hydroxylation sites is 1. The first-order valence-corrected chi connectivity index (χ1v) is 11.4. The Hall–Kier alpha value is -3.65. The number of aryl methyl sites for hydroxylation is 2. The Morgan fingerprint density at radius 1 is 1.03 bits per heavy atom. The number of thioether (sulfide) groups is 1. The minimum absolute atomic E-state index is 0.102. The molecule has 0 fully saturated rings. The van der Waals surface area contributed by atoms with Crippen LogP contribution in [0, 0.1) is 17.0 Å². The summed E-state index contributed by atoms with van der Waals surface area (Å²) in [7, 11) is 0. The number of carbonyl (C=O) groups excluding carboxylic acids is 2. The standard InChI is InChI=1S/C25H25N3O4S/c1-4-18-9-5-8-16(2)23(18)27-24(29)17(3)33-22-13-7-11-20(15-22)26-25(30)19-10-6-12-21(14-19)28(31)32/h5-15,17H,4H2,1-3H3,(H,26,30)(H,27,29). The van der Waals surface area contributed by atoms with Crippen molar-refractivity contribution in [3.8, 4) is 0 Å². The molecule has 0 aliphatic heterocycles. The van der Waals surface area contributed by atoms with E-state index >= 15 is 0 Å². The van der Waals surface area contributed by atoms with Crippen LogP contribution in [-0.2, 0) is 11.2 Å². The minimum Gasteiger partial charge on any atom is -0.325 e. The fraction of sp³-hybridized carbons (Fsp3) is 0.200. The second kappa shape index (κ2) is 10.8. The first-order chi connectivity index (χ1) is 15.8. The van der Waals surface area contributed by atoms with Gasteiger partial charge in [-0.2, -0.15) is 0 Å². The van der Waals surface area contributed by atoms with E-state index in [4.69, 9.17) is 0 Å². The average molecular weight is 464 g/mol. The number of carbonyl (C=O) groups is 2. The van der Waals surface area contributed by atoms with Crippen LogP contribution in [0.1, 0.15) is 35.3 Å². The molecule has 3 aromatic rings. The van der Waals surface area contributed by atoms with Crippen molar-refractivity contribution in [1.82, 2.24) is 0 Å². The number of nitro groups is 1. The van der Waals surface area contributed by atoms with Gasteiger partial charge in [-0.05, 0) is 55.7 Å². The summed E-state index contributed by atoms with van der Waals surface area (Å²) in [6.07, 6.45) is 0.825. The summed E-state index contributed by atoms with van der Waals surface area (Å²) in [6, 6.07) is 18.7. The molecule has 1 unspecified atom stereocenters. The van der Waals surface area contributed by atoms with E-state index in [-0.39, 0.29) is 22.4 Å². The maximum Gasteiger partial charge on any atom is 0.270 e. The Morgan fingerprint density at radius 2 is 1.76 bits per heavy atom. The van der Waals surface area contributed by atoms with Crippen LogP contribution >= 0.6 is 11.8 Å². The summed E-state index contributed by atoms with van der Waals surface area (Å²) < 4.78 is 0. The van der Waals surface area contributed by atoms with Crippen LogP contribution in [0.4, 0.5) is 17.1 Å². The second-order valence-corrected chi connectivity index (χ2v) is 8.92. The molecular weight excluding hydrogens is 438 g/mol. The van der Waals surface area contributed by atoms with Crippen LogP contribution in [0.2, 0.25) is 0 Å². The monoisotopic (exact) mass is 463 g/mol. The molecule has 0 aliphatic carbocycles. The molecule has 0 aromatic heterocycles. The molecule has 2 amide bonds. The first-order valence-electron chi connectivity index (χ1n) is 10.5. The molecule has 3 aromatic carbocycles. The van der Waals surface area contributed by atoms with Crippen molar-refractivity contribution in [2.75, 3.05) is 10.6 Å². The predicted molar refractivity (Wildman–Crippen MR) is 132 cm³/mol. The highest BCUT2D eigenvalue weighted by Gasteiger charge is 2.17. The fourth-order valence-electron chi connectivity index (χ4n) is 3.30. The second-order valence-electron chi connectivity index (χ2n) is 7.50. The molecule has 0 radical (unpaired) electrons. The van der Waals surface area contributed by atoms with E-state index in [0.717, 1.165) is 28.1 Å². The molecule has 0 saturated carbocycles. The van der Waals surface area contributed by atoms with Gasteiger partial charge in [0.2, 0.25) is 5.91 Å². The lowest BCUT2D eigenvalue weighted by Crippen LogP contribution is -2.23. The molecule has 0 saturated heterocycles. The van der Waals surface area contributed by atoms with Gasteiger partial charge in [0.05, 0.1) is 10.2 Å². The SMILES string of the molecule is CCc1cccc(C)c1NC(=O)C(C)Sc1cccc(NC(=O)c2cccc([N+](=O)[O-])c2)c1. The Morgan fingerprint density at radius 3 is 2.48 bits per heavy atom. The molecule has 0 aliphatic rings. The lowest BCUT2D eigenvalue weighted by atomic mass is 10.1. The number of hydrogen-bond donors (Lipinski definition) is 2. The van der Waals surface area contributed by atoms with Crippen molar-refractivity contribution in [2.24, 2.45) is 0 Å². The van der Waals surface area contributed by atoms with Crippen LogP contribution in [0.15, 0.2) is 71.6 Å². The van der Waals surface area contributed by atoms with Crippen LogP contribution in [-0.4, -0.2) is 22.0 Å². The zero-order valence-electron chi connectivity index (χ0n) is 18.6. The number of nitrogens with zero attached hydrogens (tertiary/aromatic N) is 1. The lowest BCUT2D eigenvalue weighted by molar-refractivity contribution is -0.384. The third kappa shape index (κ3) is 6.20. The van der Waals surface area contributed by atoms with Crippen LogP contribution < -0.4 is 10.6 Å². The zero-order valence-corrected chi connectivity index (χ0v) is 19.4. The summed E-state index contributed by atoms with van der Waals surface area (Å²) in [5.74, 6) is -0.548. The third-order valence-electron chi connectivity index (χ3n) is 5.08. The van der Waals surface area contributed by atoms with E-state index in [9.17, 15) is 19.7 Å². The smallest absolute Gasteiger partial charge is 0.270 e. The highest BCUT2D eigenvalue weighted by atomic mass is 32.2. The normalized spacial score (nSPS) is 11.5. The maximum atomic E-state index is 12.8. The summed E-state index contributed by atoms with van der Waals surface area (Å²) in [5, 5.41) is 16.4. The van der Waals surface area contributed by atoms with Gasteiger partial charge in [0.25, 0.3) is 11.6 Å². The summed E-state index contributed by atoms with van der Waals surface area (Å²) in [6.45, 7) is 5.86. The van der Waals surface area contributed by atoms with Gasteiger partial charge in [0.15, 0.2) is 0 Å². The molecule has 7 nitrogen and oxygen atoms in total. The van der Waals surface area contributed by atoms with Gasteiger partial charge < -0.3 is 10.6 Å². The van der Waals surface area contributed by atoms with E-state index in [1.54, 1.807) is 18.2 Å². The van der Waals surface area contributed by atoms with Gasteiger partial charge in [-0.15, -0.1) is 11.8 Å². The van der Waals surface area contributed by atoms with E-state index in [0.29, 0.717) is 5.69 Å². The molecule has 170 valence electrons. The Bertz CT molecular complexity index is 1200. The van der Waals surface area contributed by atoms with E-state index < -0.39 is 10.8 Å². The minimum atomic E-state index is -0.541. The largest absolute Gasteiger partial charge is 0.325 e. The van der Waals surface area contributed by atoms with Crippen molar-refractivity contribution in [2.45, 2.75) is 37.3 Å². The average Bonchev–Trinajstić information content (AvgIpc) is 2.80. The number of non-ortho nitro benzene ring substituents is 1. The van der Waals surface area contributed by atoms with Crippen LogP contribution in [0.3, 0.4) is 0 Å². The number of rotatable bonds is 8. The van der Waals surface area contributed by atoms with E-state index in [1.165, 1.54) is 36.0 Å². The van der Waals surface area contributed by atoms with Gasteiger partial charge in [-0.3, -0.25) is 19.7 Å². The summed E-state index contributed by atoms with van der Waals surface area (Å²) in [4.78, 5) is 36.6. The molecule has 33 heavy (non-hydrogen) atoms. The molecule has 1 atom stereocenters. The zero-order chi connectivity index (χ0) is 24.0. The van der Waals surface area contributed by atoms with Gasteiger partial charge in [0.1, 0.15) is 0 Å². The lowest BCUT2D eigenvalue weighted by Gasteiger charge is -2.16. The highest BCUT2D eigenvalue weighted by Crippen LogP contribution is 2.28. The number of benzene rings is 3. The molecule has 3 rings (SSSR count). The molecule has 0 spiro atoms. The van der Waals surface area contributed by atoms with Crippen LogP contribution in [0.5, 0.6) is 0 Å². The van der Waals surface area contributed by atoms with Crippen molar-refractivity contribution < 1.29 is 14.5 Å². The predicted octanol–water partition coefficient (Wildman–Crippen LogP) is 5.84. The molecule has 0 bridgehead atoms. The fourth-order valence-corrected chi connectivity index (χ4v) is 4.22. The Labute approximate surface area is 196 Å². The van der Waals surface area contributed by atoms with E-state index in [2.05, 4.69) is 17.6 Å². The third-order valence-corrected chi connectivity index (χ3v) is 6.18. The molecule has 2 N–H and O–H groups in total. The maximum absolute atomic E-state index is 12.8. The molecular formula is C25H25N3O4S. The van der Waals surface area contributed by atoms with Gasteiger partial charge in [0, 0.05) is 34.0 Å². The summed E-state index contributed by atoms with van der Waals surface area (Å²) >= 11 is 1.38. The Balaban J connectivity index is 1.67. The van der Waals surface area contributed by atoms with Gasteiger partial charge in [-0.1, -0.05) is 37.3 Å². The number of nitro benzene ring substituents is 1. The number of hydrogen-bond acceptors (Lipinski definition) is 5. The van der Waals surface area contributed by atoms with Crippen molar-refractivity contribution in [3.63, 3.8) is 0 Å². The summed E-state index contributed by atoms with van der Waals surface area (Å²) in [5.41, 5.74) is 3.55.